The van der Waals surface area contributed by atoms with Crippen LogP contribution in [-0.2, 0) is 16.1 Å². The van der Waals surface area contributed by atoms with E-state index in [0.717, 1.165) is 16.8 Å². The highest BCUT2D eigenvalue weighted by Crippen LogP contribution is 2.32. The van der Waals surface area contributed by atoms with Gasteiger partial charge >= 0.3 is 5.97 Å². The molecule has 0 spiro atoms. The Balaban J connectivity index is 1.68. The molecule has 168 valence electrons. The number of hydrogen-bond donors (Lipinski definition) is 1. The maximum atomic E-state index is 13.4. The van der Waals surface area contributed by atoms with Gasteiger partial charge < -0.3 is 10.5 Å². The number of hydrogen-bond acceptors (Lipinski definition) is 7. The molecule has 0 fully saturated rings. The molecule has 0 radical (unpaired) electrons. The Labute approximate surface area is 193 Å². The molecule has 0 unspecified atom stereocenters. The maximum absolute atomic E-state index is 13.4. The first-order valence-electron chi connectivity index (χ1n) is 10.4. The molecule has 9 heteroatoms. The molecular formula is C25H19FN6O2. The highest BCUT2D eigenvalue weighted by atomic mass is 19.1. The third-order valence-electron chi connectivity index (χ3n) is 5.25. The molecule has 4 heterocycles. The number of carbonyl (C=O) groups excluding carboxylic acids is 1. The predicted octanol–water partition coefficient (Wildman–Crippen LogP) is 4.33. The number of pyridine rings is 3. The normalized spacial score (nSPS) is 11.0. The highest BCUT2D eigenvalue weighted by Gasteiger charge is 2.18. The van der Waals surface area contributed by atoms with Crippen LogP contribution in [0.2, 0.25) is 0 Å². The second-order valence-corrected chi connectivity index (χ2v) is 7.58. The molecule has 8 nitrogen and oxygen atoms in total. The molecule has 1 aromatic carbocycles. The van der Waals surface area contributed by atoms with Gasteiger partial charge in [0, 0.05) is 30.6 Å². The first kappa shape index (κ1) is 21.2. The van der Waals surface area contributed by atoms with Crippen molar-refractivity contribution in [3.8, 4) is 28.3 Å². The topological polar surface area (TPSA) is 109 Å². The summed E-state index contributed by atoms with van der Waals surface area (Å²) in [6, 6.07) is 16.0. The number of esters is 1. The Morgan fingerprint density at radius 1 is 1.06 bits per heavy atom. The Morgan fingerprint density at radius 2 is 1.88 bits per heavy atom. The number of ether oxygens (including phenoxy) is 1. The second-order valence-electron chi connectivity index (χ2n) is 7.58. The summed E-state index contributed by atoms with van der Waals surface area (Å²) in [5.74, 6) is 0.161. The number of carbonyl (C=O) groups is 1. The molecule has 0 aliphatic rings. The monoisotopic (exact) mass is 454 g/mol. The molecule has 0 bridgehead atoms. The molecule has 0 aliphatic carbocycles. The number of nitrogens with zero attached hydrogens (tertiary/aromatic N) is 5. The minimum atomic E-state index is -0.411. The Bertz CT molecular complexity index is 1500. The van der Waals surface area contributed by atoms with Gasteiger partial charge in [-0.1, -0.05) is 12.1 Å². The van der Waals surface area contributed by atoms with Crippen molar-refractivity contribution >= 4 is 23.0 Å². The van der Waals surface area contributed by atoms with Gasteiger partial charge in [-0.25, -0.2) is 19.3 Å². The van der Waals surface area contributed by atoms with Crippen LogP contribution in [0.15, 0.2) is 73.2 Å². The molecular weight excluding hydrogens is 435 g/mol. The fourth-order valence-corrected chi connectivity index (χ4v) is 3.62. The molecule has 0 saturated heterocycles. The van der Waals surface area contributed by atoms with Gasteiger partial charge in [0.05, 0.1) is 23.0 Å². The second kappa shape index (κ2) is 8.70. The molecule has 0 saturated carbocycles. The van der Waals surface area contributed by atoms with Crippen LogP contribution in [-0.4, -0.2) is 30.5 Å². The van der Waals surface area contributed by atoms with E-state index in [1.807, 2.05) is 41.0 Å². The van der Waals surface area contributed by atoms with Crippen LogP contribution >= 0.6 is 0 Å². The number of rotatable bonds is 5. The average molecular weight is 454 g/mol. The summed E-state index contributed by atoms with van der Waals surface area (Å²) in [5, 5.41) is 0. The van der Waals surface area contributed by atoms with Gasteiger partial charge in [0.2, 0.25) is 0 Å². The largest absolute Gasteiger partial charge is 0.461 e. The van der Waals surface area contributed by atoms with Gasteiger partial charge in [0.1, 0.15) is 18.2 Å². The van der Waals surface area contributed by atoms with Crippen molar-refractivity contribution < 1.29 is 13.9 Å². The number of halogens is 1. The molecule has 2 N–H and O–H groups in total. The summed E-state index contributed by atoms with van der Waals surface area (Å²) in [6.07, 6.45) is 4.44. The lowest BCUT2D eigenvalue weighted by atomic mass is 10.1. The molecule has 0 aliphatic heterocycles. The zero-order valence-electron chi connectivity index (χ0n) is 18.1. The summed E-state index contributed by atoms with van der Waals surface area (Å²) in [5.41, 5.74) is 11.0. The Hall–Kier alpha value is -4.66. The molecule has 34 heavy (non-hydrogen) atoms. The molecule has 5 aromatic rings. The minimum Gasteiger partial charge on any atom is -0.461 e. The van der Waals surface area contributed by atoms with Crippen molar-refractivity contribution in [1.29, 1.82) is 0 Å². The lowest BCUT2D eigenvalue weighted by Crippen LogP contribution is -2.02. The van der Waals surface area contributed by atoms with E-state index in [1.54, 1.807) is 24.5 Å². The van der Waals surface area contributed by atoms with E-state index < -0.39 is 5.82 Å². The minimum absolute atomic E-state index is 0.185. The van der Waals surface area contributed by atoms with E-state index in [-0.39, 0.29) is 12.6 Å². The van der Waals surface area contributed by atoms with Gasteiger partial charge in [-0.05, 0) is 48.0 Å². The third-order valence-corrected chi connectivity index (χ3v) is 5.25. The van der Waals surface area contributed by atoms with E-state index >= 15 is 0 Å². The summed E-state index contributed by atoms with van der Waals surface area (Å²) in [6.45, 7) is 1.56. The fourth-order valence-electron chi connectivity index (χ4n) is 3.62. The SMILES string of the molecule is CC(=O)OCc1ccc(-n2c(-c3cccnc3N)nc3ncc(-c4ccc(F)cn4)cc32)cc1. The molecule has 5 rings (SSSR count). The third kappa shape index (κ3) is 4.06. The summed E-state index contributed by atoms with van der Waals surface area (Å²) < 4.78 is 20.4. The van der Waals surface area contributed by atoms with Gasteiger partial charge in [0.15, 0.2) is 11.5 Å². The van der Waals surface area contributed by atoms with Gasteiger partial charge in [-0.15, -0.1) is 0 Å². The number of imidazole rings is 1. The van der Waals surface area contributed by atoms with Gasteiger partial charge in [-0.3, -0.25) is 14.3 Å². The maximum Gasteiger partial charge on any atom is 0.302 e. The Kier molecular flexibility index (Phi) is 5.43. The fraction of sp³-hybridized carbons (Fsp3) is 0.0800. The van der Waals surface area contributed by atoms with E-state index in [0.29, 0.717) is 34.1 Å². The summed E-state index contributed by atoms with van der Waals surface area (Å²) >= 11 is 0. The smallest absolute Gasteiger partial charge is 0.302 e. The van der Waals surface area contributed by atoms with Crippen molar-refractivity contribution in [2.45, 2.75) is 13.5 Å². The van der Waals surface area contributed by atoms with E-state index in [1.165, 1.54) is 19.2 Å². The number of fused-ring (bicyclic) bond motifs is 1. The van der Waals surface area contributed by atoms with E-state index in [2.05, 4.69) is 15.0 Å². The van der Waals surface area contributed by atoms with Crippen LogP contribution in [0.1, 0.15) is 12.5 Å². The number of nitrogens with two attached hydrogens (primary N) is 1. The zero-order valence-corrected chi connectivity index (χ0v) is 18.1. The lowest BCUT2D eigenvalue weighted by molar-refractivity contribution is -0.142. The van der Waals surface area contributed by atoms with Crippen LogP contribution in [0.5, 0.6) is 0 Å². The first-order valence-corrected chi connectivity index (χ1v) is 10.4. The van der Waals surface area contributed by atoms with Crippen LogP contribution < -0.4 is 5.73 Å². The number of benzene rings is 1. The van der Waals surface area contributed by atoms with Crippen LogP contribution in [0.3, 0.4) is 0 Å². The molecule has 0 atom stereocenters. The first-order chi connectivity index (χ1) is 16.5. The lowest BCUT2D eigenvalue weighted by Gasteiger charge is -2.12. The van der Waals surface area contributed by atoms with Gasteiger partial charge in [-0.2, -0.15) is 0 Å². The van der Waals surface area contributed by atoms with Crippen LogP contribution in [0.25, 0.3) is 39.5 Å². The van der Waals surface area contributed by atoms with Gasteiger partial charge in [0.25, 0.3) is 0 Å². The zero-order chi connectivity index (χ0) is 23.7. The number of nitrogen functional groups attached to an aromatic ring is 1. The average Bonchev–Trinajstić information content (AvgIpc) is 3.22. The highest BCUT2D eigenvalue weighted by molar-refractivity contribution is 5.85. The van der Waals surface area contributed by atoms with Crippen molar-refractivity contribution in [2.75, 3.05) is 5.73 Å². The standard InChI is InChI=1S/C25H19FN6O2/c1-15(33)34-14-16-4-7-19(8-5-16)32-22-11-17(21-9-6-18(26)13-29-21)12-30-24(22)31-25(32)20-3-2-10-28-23(20)27/h2-13H,14H2,1H3,(H2,27,28). The van der Waals surface area contributed by atoms with Crippen molar-refractivity contribution in [3.05, 3.63) is 84.6 Å². The van der Waals surface area contributed by atoms with Crippen molar-refractivity contribution in [1.82, 2.24) is 24.5 Å². The summed E-state index contributed by atoms with van der Waals surface area (Å²) in [4.78, 5) is 28.8. The Morgan fingerprint density at radius 3 is 2.59 bits per heavy atom. The quantitative estimate of drug-likeness (QED) is 0.394. The van der Waals surface area contributed by atoms with Crippen LogP contribution in [0.4, 0.5) is 10.2 Å². The van der Waals surface area contributed by atoms with E-state index in [4.69, 9.17) is 15.5 Å². The van der Waals surface area contributed by atoms with E-state index in [9.17, 15) is 9.18 Å². The molecule has 0 amide bonds. The van der Waals surface area contributed by atoms with Crippen molar-refractivity contribution in [2.24, 2.45) is 0 Å². The predicted molar refractivity (Wildman–Crippen MR) is 125 cm³/mol. The molecule has 4 aromatic heterocycles. The number of aromatic nitrogens is 5. The summed E-state index contributed by atoms with van der Waals surface area (Å²) in [7, 11) is 0. The number of anilines is 1. The van der Waals surface area contributed by atoms with Crippen molar-refractivity contribution in [3.63, 3.8) is 0 Å². The van der Waals surface area contributed by atoms with Crippen LogP contribution in [0, 0.1) is 5.82 Å².